The SMILES string of the molecule is CCc1c(C)c2c(C)nn(-c3ccc(Br)cc3)c2oc1=O. The molecular formula is C16H15BrN2O2. The second-order valence-corrected chi connectivity index (χ2v) is 5.92. The van der Waals surface area contributed by atoms with Crippen LogP contribution >= 0.6 is 15.9 Å². The predicted octanol–water partition coefficient (Wildman–Crippen LogP) is 3.92. The first kappa shape index (κ1) is 14.1. The van der Waals surface area contributed by atoms with E-state index in [2.05, 4.69) is 21.0 Å². The molecule has 3 rings (SSSR count). The van der Waals surface area contributed by atoms with E-state index in [1.807, 2.05) is 45.0 Å². The zero-order chi connectivity index (χ0) is 15.1. The van der Waals surface area contributed by atoms with Crippen molar-refractivity contribution in [3.8, 4) is 5.69 Å². The molecule has 4 nitrogen and oxygen atoms in total. The molecule has 0 unspecified atom stereocenters. The van der Waals surface area contributed by atoms with Gasteiger partial charge in [-0.05, 0) is 50.1 Å². The first-order valence-corrected chi connectivity index (χ1v) is 7.60. The first-order valence-electron chi connectivity index (χ1n) is 6.80. The Morgan fingerprint density at radius 1 is 1.24 bits per heavy atom. The van der Waals surface area contributed by atoms with Gasteiger partial charge in [-0.2, -0.15) is 9.78 Å². The summed E-state index contributed by atoms with van der Waals surface area (Å²) in [6.45, 7) is 5.85. The second-order valence-electron chi connectivity index (χ2n) is 5.00. The molecule has 2 aromatic heterocycles. The number of fused-ring (bicyclic) bond motifs is 1. The van der Waals surface area contributed by atoms with Crippen LogP contribution in [0.4, 0.5) is 0 Å². The van der Waals surface area contributed by atoms with Gasteiger partial charge in [-0.1, -0.05) is 22.9 Å². The number of nitrogens with zero attached hydrogens (tertiary/aromatic N) is 2. The fraction of sp³-hybridized carbons (Fsp3) is 0.250. The average molecular weight is 347 g/mol. The van der Waals surface area contributed by atoms with Crippen molar-refractivity contribution in [3.05, 3.63) is 56.0 Å². The maximum absolute atomic E-state index is 12.1. The molecule has 0 saturated heterocycles. The lowest BCUT2D eigenvalue weighted by atomic mass is 10.1. The van der Waals surface area contributed by atoms with Crippen LogP contribution in [0.25, 0.3) is 16.8 Å². The molecule has 2 heterocycles. The second kappa shape index (κ2) is 5.15. The topological polar surface area (TPSA) is 48.0 Å². The van der Waals surface area contributed by atoms with Gasteiger partial charge in [-0.15, -0.1) is 0 Å². The largest absolute Gasteiger partial charge is 0.403 e. The molecule has 0 atom stereocenters. The Morgan fingerprint density at radius 2 is 1.90 bits per heavy atom. The minimum atomic E-state index is -0.277. The molecule has 0 saturated carbocycles. The summed E-state index contributed by atoms with van der Waals surface area (Å²) in [6, 6.07) is 7.73. The van der Waals surface area contributed by atoms with Gasteiger partial charge >= 0.3 is 5.63 Å². The molecule has 0 spiro atoms. The van der Waals surface area contributed by atoms with Gasteiger partial charge in [0.2, 0.25) is 5.71 Å². The van der Waals surface area contributed by atoms with E-state index in [9.17, 15) is 4.79 Å². The number of rotatable bonds is 2. The molecule has 0 fully saturated rings. The Bertz CT molecular complexity index is 876. The van der Waals surface area contributed by atoms with Crippen LogP contribution in [0.5, 0.6) is 0 Å². The first-order chi connectivity index (χ1) is 10.0. The van der Waals surface area contributed by atoms with Crippen LogP contribution in [0, 0.1) is 13.8 Å². The van der Waals surface area contributed by atoms with Crippen molar-refractivity contribution in [2.45, 2.75) is 27.2 Å². The normalized spacial score (nSPS) is 11.2. The minimum Gasteiger partial charge on any atom is -0.403 e. The highest BCUT2D eigenvalue weighted by Gasteiger charge is 2.18. The molecule has 0 amide bonds. The maximum Gasteiger partial charge on any atom is 0.341 e. The summed E-state index contributed by atoms with van der Waals surface area (Å²) in [6.07, 6.45) is 0.660. The van der Waals surface area contributed by atoms with Gasteiger partial charge in [0.15, 0.2) is 0 Å². The van der Waals surface area contributed by atoms with E-state index in [1.54, 1.807) is 4.68 Å². The molecule has 0 aliphatic carbocycles. The summed E-state index contributed by atoms with van der Waals surface area (Å²) >= 11 is 3.41. The zero-order valence-electron chi connectivity index (χ0n) is 12.1. The Balaban J connectivity index is 2.36. The number of hydrogen-bond donors (Lipinski definition) is 0. The summed E-state index contributed by atoms with van der Waals surface area (Å²) in [5.74, 6) is 0. The highest BCUT2D eigenvalue weighted by Crippen LogP contribution is 2.26. The van der Waals surface area contributed by atoms with Crippen LogP contribution in [-0.2, 0) is 6.42 Å². The van der Waals surface area contributed by atoms with E-state index >= 15 is 0 Å². The predicted molar refractivity (Wildman–Crippen MR) is 86.2 cm³/mol. The Labute approximate surface area is 130 Å². The molecule has 108 valence electrons. The monoisotopic (exact) mass is 346 g/mol. The van der Waals surface area contributed by atoms with Crippen molar-refractivity contribution in [1.29, 1.82) is 0 Å². The molecule has 0 bridgehead atoms. The standard InChI is InChI=1S/C16H15BrN2O2/c1-4-13-9(2)14-10(3)18-19(15(14)21-16(13)20)12-7-5-11(17)6-8-12/h5-8H,4H2,1-3H3. The lowest BCUT2D eigenvalue weighted by Gasteiger charge is -2.05. The van der Waals surface area contributed by atoms with Gasteiger partial charge in [0.1, 0.15) is 0 Å². The Kier molecular flexibility index (Phi) is 3.45. The average Bonchev–Trinajstić information content (AvgIpc) is 2.77. The van der Waals surface area contributed by atoms with E-state index in [0.29, 0.717) is 12.1 Å². The van der Waals surface area contributed by atoms with Gasteiger partial charge < -0.3 is 4.42 Å². The zero-order valence-corrected chi connectivity index (χ0v) is 13.7. The van der Waals surface area contributed by atoms with Crippen molar-refractivity contribution >= 4 is 27.0 Å². The number of aromatic nitrogens is 2. The molecule has 0 aliphatic heterocycles. The van der Waals surface area contributed by atoms with Crippen LogP contribution in [0.15, 0.2) is 37.9 Å². The van der Waals surface area contributed by atoms with Gasteiger partial charge in [0.25, 0.3) is 0 Å². The van der Waals surface area contributed by atoms with Crippen LogP contribution in [0.2, 0.25) is 0 Å². The van der Waals surface area contributed by atoms with Crippen LogP contribution < -0.4 is 5.63 Å². The maximum atomic E-state index is 12.1. The molecule has 3 aromatic rings. The molecule has 0 N–H and O–H groups in total. The Morgan fingerprint density at radius 3 is 2.52 bits per heavy atom. The molecule has 0 aliphatic rings. The molecule has 0 radical (unpaired) electrons. The number of hydrogen-bond acceptors (Lipinski definition) is 3. The molecule has 1 aromatic carbocycles. The van der Waals surface area contributed by atoms with Crippen molar-refractivity contribution in [1.82, 2.24) is 9.78 Å². The van der Waals surface area contributed by atoms with E-state index in [-0.39, 0.29) is 5.63 Å². The molecule has 5 heteroatoms. The highest BCUT2D eigenvalue weighted by molar-refractivity contribution is 9.10. The van der Waals surface area contributed by atoms with Gasteiger partial charge in [0.05, 0.1) is 16.8 Å². The van der Waals surface area contributed by atoms with Gasteiger partial charge in [0, 0.05) is 10.0 Å². The van der Waals surface area contributed by atoms with E-state index < -0.39 is 0 Å². The summed E-state index contributed by atoms with van der Waals surface area (Å²) in [7, 11) is 0. The van der Waals surface area contributed by atoms with Crippen molar-refractivity contribution in [2.24, 2.45) is 0 Å². The number of halogens is 1. The fourth-order valence-corrected chi connectivity index (χ4v) is 2.92. The van der Waals surface area contributed by atoms with Gasteiger partial charge in [-0.25, -0.2) is 4.79 Å². The van der Waals surface area contributed by atoms with Crippen LogP contribution in [0.3, 0.4) is 0 Å². The van der Waals surface area contributed by atoms with Crippen LogP contribution in [-0.4, -0.2) is 9.78 Å². The molecule has 21 heavy (non-hydrogen) atoms. The van der Waals surface area contributed by atoms with E-state index in [1.165, 1.54) is 0 Å². The number of aryl methyl sites for hydroxylation is 2. The highest BCUT2D eigenvalue weighted by atomic mass is 79.9. The minimum absolute atomic E-state index is 0.277. The summed E-state index contributed by atoms with van der Waals surface area (Å²) in [5, 5.41) is 5.46. The fourth-order valence-electron chi connectivity index (χ4n) is 2.65. The molecular weight excluding hydrogens is 332 g/mol. The van der Waals surface area contributed by atoms with Crippen LogP contribution in [0.1, 0.15) is 23.7 Å². The van der Waals surface area contributed by atoms with Crippen molar-refractivity contribution in [3.63, 3.8) is 0 Å². The summed E-state index contributed by atoms with van der Waals surface area (Å²) < 4.78 is 8.21. The summed E-state index contributed by atoms with van der Waals surface area (Å²) in [5.41, 5.74) is 3.65. The third-order valence-electron chi connectivity index (χ3n) is 3.71. The number of benzene rings is 1. The quantitative estimate of drug-likeness (QED) is 0.706. The Hall–Kier alpha value is -1.88. The lowest BCUT2D eigenvalue weighted by molar-refractivity contribution is 0.526. The smallest absolute Gasteiger partial charge is 0.341 e. The van der Waals surface area contributed by atoms with E-state index in [0.717, 1.165) is 32.4 Å². The van der Waals surface area contributed by atoms with Crippen molar-refractivity contribution in [2.75, 3.05) is 0 Å². The summed E-state index contributed by atoms with van der Waals surface area (Å²) in [4.78, 5) is 12.1. The third-order valence-corrected chi connectivity index (χ3v) is 4.23. The van der Waals surface area contributed by atoms with Crippen molar-refractivity contribution < 1.29 is 4.42 Å². The van der Waals surface area contributed by atoms with Gasteiger partial charge in [-0.3, -0.25) is 0 Å². The lowest BCUT2D eigenvalue weighted by Crippen LogP contribution is -2.10. The van der Waals surface area contributed by atoms with E-state index in [4.69, 9.17) is 4.42 Å². The third kappa shape index (κ3) is 2.21.